The molecular weight excluding hydrogens is 232 g/mol. The summed E-state index contributed by atoms with van der Waals surface area (Å²) in [6.45, 7) is 10.0. The highest BCUT2D eigenvalue weighted by atomic mass is 16.6. The van der Waals surface area contributed by atoms with E-state index in [1.165, 1.54) is 0 Å². The first-order valence-electron chi connectivity index (χ1n) is 6.81. The summed E-state index contributed by atoms with van der Waals surface area (Å²) in [7, 11) is 2.12. The quantitative estimate of drug-likeness (QED) is 0.775. The van der Waals surface area contributed by atoms with E-state index in [4.69, 9.17) is 14.2 Å². The van der Waals surface area contributed by atoms with E-state index < -0.39 is 0 Å². The van der Waals surface area contributed by atoms with Gasteiger partial charge in [0.2, 0.25) is 0 Å². The highest BCUT2D eigenvalue weighted by Gasteiger charge is 2.28. The Kier molecular flexibility index (Phi) is 4.98. The van der Waals surface area contributed by atoms with Gasteiger partial charge in [-0.15, -0.1) is 0 Å². The smallest absolute Gasteiger partial charge is 0.0940 e. The summed E-state index contributed by atoms with van der Waals surface area (Å²) >= 11 is 0. The Bertz CT molecular complexity index is 261. The van der Waals surface area contributed by atoms with Crippen molar-refractivity contribution in [2.24, 2.45) is 0 Å². The summed E-state index contributed by atoms with van der Waals surface area (Å²) in [5, 5.41) is 3.38. The molecule has 0 spiro atoms. The molecule has 2 heterocycles. The lowest BCUT2D eigenvalue weighted by Gasteiger charge is -2.37. The van der Waals surface area contributed by atoms with Crippen molar-refractivity contribution in [2.45, 2.75) is 31.7 Å². The Morgan fingerprint density at radius 1 is 1.33 bits per heavy atom. The molecule has 0 saturated carbocycles. The maximum absolute atomic E-state index is 5.95. The molecule has 18 heavy (non-hydrogen) atoms. The molecule has 5 nitrogen and oxygen atoms in total. The lowest BCUT2D eigenvalue weighted by Crippen LogP contribution is -2.52. The van der Waals surface area contributed by atoms with Gasteiger partial charge in [0.1, 0.15) is 0 Å². The van der Waals surface area contributed by atoms with Gasteiger partial charge in [-0.25, -0.2) is 0 Å². The Morgan fingerprint density at radius 2 is 2.11 bits per heavy atom. The average molecular weight is 258 g/mol. The van der Waals surface area contributed by atoms with Crippen LogP contribution in [-0.4, -0.2) is 75.8 Å². The molecule has 2 aliphatic heterocycles. The van der Waals surface area contributed by atoms with Crippen LogP contribution in [0.2, 0.25) is 0 Å². The van der Waals surface area contributed by atoms with E-state index in [-0.39, 0.29) is 17.8 Å². The molecule has 0 radical (unpaired) electrons. The molecule has 1 N–H and O–H groups in total. The zero-order valence-electron chi connectivity index (χ0n) is 11.8. The van der Waals surface area contributed by atoms with Gasteiger partial charge in [0.15, 0.2) is 0 Å². The summed E-state index contributed by atoms with van der Waals surface area (Å²) in [4.78, 5) is 2.28. The molecular formula is C13H26N2O3. The predicted octanol–water partition coefficient (Wildman–Crippen LogP) is 0.101. The molecule has 2 fully saturated rings. The van der Waals surface area contributed by atoms with Crippen molar-refractivity contribution in [3.63, 3.8) is 0 Å². The van der Waals surface area contributed by atoms with Crippen molar-refractivity contribution < 1.29 is 14.2 Å². The van der Waals surface area contributed by atoms with Crippen LogP contribution in [-0.2, 0) is 14.2 Å². The minimum atomic E-state index is -0.0895. The fourth-order valence-electron chi connectivity index (χ4n) is 2.46. The summed E-state index contributed by atoms with van der Waals surface area (Å²) in [6, 6.07) is 0. The van der Waals surface area contributed by atoms with Gasteiger partial charge >= 0.3 is 0 Å². The van der Waals surface area contributed by atoms with Crippen LogP contribution in [0.4, 0.5) is 0 Å². The van der Waals surface area contributed by atoms with Gasteiger partial charge in [-0.2, -0.15) is 0 Å². The van der Waals surface area contributed by atoms with Gasteiger partial charge in [-0.3, -0.25) is 0 Å². The topological polar surface area (TPSA) is 43.0 Å². The molecule has 0 bridgehead atoms. The SMILES string of the molecule is CN1CCOC(COCC2CNCC(C)(C)O2)C1. The van der Waals surface area contributed by atoms with E-state index in [2.05, 4.69) is 31.1 Å². The molecule has 2 unspecified atom stereocenters. The fourth-order valence-corrected chi connectivity index (χ4v) is 2.46. The second-order valence-electron chi connectivity index (χ2n) is 5.92. The Hall–Kier alpha value is -0.200. The predicted molar refractivity (Wildman–Crippen MR) is 69.9 cm³/mol. The number of hydrogen-bond acceptors (Lipinski definition) is 5. The first-order chi connectivity index (χ1) is 8.55. The van der Waals surface area contributed by atoms with E-state index >= 15 is 0 Å². The fraction of sp³-hybridized carbons (Fsp3) is 1.00. The van der Waals surface area contributed by atoms with Crippen LogP contribution < -0.4 is 5.32 Å². The van der Waals surface area contributed by atoms with Crippen LogP contribution >= 0.6 is 0 Å². The van der Waals surface area contributed by atoms with Crippen molar-refractivity contribution >= 4 is 0 Å². The van der Waals surface area contributed by atoms with E-state index in [0.29, 0.717) is 13.2 Å². The number of likely N-dealkylation sites (N-methyl/N-ethyl adjacent to an activating group) is 1. The van der Waals surface area contributed by atoms with Gasteiger partial charge in [-0.1, -0.05) is 0 Å². The maximum Gasteiger partial charge on any atom is 0.0940 e. The third-order valence-corrected chi connectivity index (χ3v) is 3.36. The number of nitrogens with one attached hydrogen (secondary N) is 1. The number of ether oxygens (including phenoxy) is 3. The van der Waals surface area contributed by atoms with Gasteiger partial charge in [0.05, 0.1) is 37.6 Å². The van der Waals surface area contributed by atoms with Crippen LogP contribution in [0.25, 0.3) is 0 Å². The molecule has 2 rings (SSSR count). The Labute approximate surface area is 110 Å². The molecule has 0 amide bonds. The van der Waals surface area contributed by atoms with Crippen molar-refractivity contribution in [1.82, 2.24) is 10.2 Å². The molecule has 106 valence electrons. The van der Waals surface area contributed by atoms with Crippen LogP contribution in [0.1, 0.15) is 13.8 Å². The third kappa shape index (κ3) is 4.48. The first-order valence-corrected chi connectivity index (χ1v) is 6.81. The molecule has 0 aliphatic carbocycles. The second kappa shape index (κ2) is 6.30. The number of morpholine rings is 2. The number of nitrogens with zero attached hydrogens (tertiary/aromatic N) is 1. The normalized spacial score (nSPS) is 33.5. The summed E-state index contributed by atoms with van der Waals surface area (Å²) in [5.74, 6) is 0. The molecule has 0 aromatic carbocycles. The Morgan fingerprint density at radius 3 is 2.83 bits per heavy atom. The minimum absolute atomic E-state index is 0.0895. The lowest BCUT2D eigenvalue weighted by atomic mass is 10.1. The molecule has 5 heteroatoms. The maximum atomic E-state index is 5.95. The monoisotopic (exact) mass is 258 g/mol. The zero-order chi connectivity index (χ0) is 13.0. The van der Waals surface area contributed by atoms with Gasteiger partial charge in [0, 0.05) is 26.2 Å². The Balaban J connectivity index is 1.63. The van der Waals surface area contributed by atoms with Crippen molar-refractivity contribution in [3.05, 3.63) is 0 Å². The molecule has 2 saturated heterocycles. The number of hydrogen-bond donors (Lipinski definition) is 1. The van der Waals surface area contributed by atoms with E-state index in [9.17, 15) is 0 Å². The third-order valence-electron chi connectivity index (χ3n) is 3.36. The largest absolute Gasteiger partial charge is 0.376 e. The van der Waals surface area contributed by atoms with Crippen LogP contribution in [0.15, 0.2) is 0 Å². The molecule has 0 aromatic rings. The average Bonchev–Trinajstić information content (AvgIpc) is 2.28. The summed E-state index contributed by atoms with van der Waals surface area (Å²) in [6.07, 6.45) is 0.350. The van der Waals surface area contributed by atoms with Crippen molar-refractivity contribution in [2.75, 3.05) is 53.0 Å². The van der Waals surface area contributed by atoms with Crippen LogP contribution in [0.3, 0.4) is 0 Å². The van der Waals surface area contributed by atoms with Gasteiger partial charge in [0.25, 0.3) is 0 Å². The lowest BCUT2D eigenvalue weighted by molar-refractivity contribution is -0.132. The second-order valence-corrected chi connectivity index (χ2v) is 5.92. The molecule has 2 aliphatic rings. The van der Waals surface area contributed by atoms with E-state index in [1.54, 1.807) is 0 Å². The number of rotatable bonds is 4. The highest BCUT2D eigenvalue weighted by Crippen LogP contribution is 2.15. The van der Waals surface area contributed by atoms with Gasteiger partial charge < -0.3 is 24.4 Å². The van der Waals surface area contributed by atoms with Crippen LogP contribution in [0.5, 0.6) is 0 Å². The molecule has 0 aromatic heterocycles. The van der Waals surface area contributed by atoms with Gasteiger partial charge in [-0.05, 0) is 20.9 Å². The summed E-state index contributed by atoms with van der Waals surface area (Å²) in [5.41, 5.74) is -0.0895. The zero-order valence-corrected chi connectivity index (χ0v) is 11.8. The minimum Gasteiger partial charge on any atom is -0.376 e. The van der Waals surface area contributed by atoms with Crippen LogP contribution in [0, 0.1) is 0 Å². The first kappa shape index (κ1) is 14.2. The van der Waals surface area contributed by atoms with E-state index in [0.717, 1.165) is 32.8 Å². The standard InChI is InChI=1S/C13H26N2O3/c1-13(2)10-14-6-11(18-13)8-16-9-12-7-15(3)4-5-17-12/h11-12,14H,4-10H2,1-3H3. The molecule has 2 atom stereocenters. The van der Waals surface area contributed by atoms with E-state index in [1.807, 2.05) is 0 Å². The highest BCUT2D eigenvalue weighted by molar-refractivity contribution is 4.81. The van der Waals surface area contributed by atoms with Crippen molar-refractivity contribution in [1.29, 1.82) is 0 Å². The van der Waals surface area contributed by atoms with Crippen molar-refractivity contribution in [3.8, 4) is 0 Å². The summed E-state index contributed by atoms with van der Waals surface area (Å²) < 4.78 is 17.3.